The number of thiocarbonyl (C=S) groups is 1. The van der Waals surface area contributed by atoms with Gasteiger partial charge in [-0.05, 0) is 31.0 Å². The second-order valence-electron chi connectivity index (χ2n) is 3.94. The van der Waals surface area contributed by atoms with Gasteiger partial charge in [0.25, 0.3) is 0 Å². The van der Waals surface area contributed by atoms with Gasteiger partial charge in [0.1, 0.15) is 4.32 Å². The van der Waals surface area contributed by atoms with E-state index in [9.17, 15) is 4.79 Å². The Labute approximate surface area is 134 Å². The van der Waals surface area contributed by atoms with Crippen LogP contribution in [-0.4, -0.2) is 37.0 Å². The minimum atomic E-state index is -0.388. The summed E-state index contributed by atoms with van der Waals surface area (Å²) < 4.78 is 15.6. The maximum absolute atomic E-state index is 11.2. The number of rotatable bonds is 6. The van der Waals surface area contributed by atoms with E-state index in [1.54, 1.807) is 21.1 Å². The van der Waals surface area contributed by atoms with E-state index in [1.165, 1.54) is 0 Å². The zero-order valence-electron chi connectivity index (χ0n) is 12.3. The van der Waals surface area contributed by atoms with Crippen LogP contribution in [0.5, 0.6) is 11.5 Å². The molecule has 1 aromatic carbocycles. The van der Waals surface area contributed by atoms with Crippen molar-refractivity contribution >= 4 is 33.6 Å². The van der Waals surface area contributed by atoms with E-state index in [1.807, 2.05) is 18.2 Å². The van der Waals surface area contributed by atoms with E-state index in [0.29, 0.717) is 29.0 Å². The van der Waals surface area contributed by atoms with Gasteiger partial charge in [-0.3, -0.25) is 0 Å². The molecule has 116 valence electrons. The molecule has 1 aromatic rings. The summed E-state index contributed by atoms with van der Waals surface area (Å²) in [5, 5.41) is 2.62. The van der Waals surface area contributed by atoms with E-state index >= 15 is 0 Å². The highest BCUT2D eigenvalue weighted by molar-refractivity contribution is 8.32. The van der Waals surface area contributed by atoms with E-state index in [0.717, 1.165) is 23.7 Å². The lowest BCUT2D eigenvalue weighted by Crippen LogP contribution is -2.22. The summed E-state index contributed by atoms with van der Waals surface area (Å²) in [6.45, 7) is 2.73. The summed E-state index contributed by atoms with van der Waals surface area (Å²) in [7, 11) is 3.20. The van der Waals surface area contributed by atoms with Crippen molar-refractivity contribution in [2.24, 2.45) is 0 Å². The van der Waals surface area contributed by atoms with Crippen LogP contribution in [0.3, 0.4) is 0 Å². The maximum Gasteiger partial charge on any atom is 0.374 e. The van der Waals surface area contributed by atoms with Gasteiger partial charge in [0, 0.05) is 18.3 Å². The minimum absolute atomic E-state index is 0.347. The Bertz CT molecular complexity index is 494. The van der Waals surface area contributed by atoms with Crippen LogP contribution in [0.2, 0.25) is 0 Å². The molecule has 21 heavy (non-hydrogen) atoms. The Hall–Kier alpha value is -1.47. The number of carbonyl (C=O) groups is 1. The molecule has 0 unspecified atom stereocenters. The fourth-order valence-electron chi connectivity index (χ4n) is 1.60. The van der Waals surface area contributed by atoms with Crippen molar-refractivity contribution in [3.05, 3.63) is 23.8 Å². The largest absolute Gasteiger partial charge is 0.493 e. The smallest absolute Gasteiger partial charge is 0.374 e. The fourth-order valence-corrected chi connectivity index (χ4v) is 2.41. The van der Waals surface area contributed by atoms with Crippen LogP contribution in [0, 0.1) is 0 Å². The molecule has 0 saturated heterocycles. The van der Waals surface area contributed by atoms with Crippen LogP contribution in [-0.2, 0) is 11.2 Å². The van der Waals surface area contributed by atoms with E-state index in [-0.39, 0.29) is 5.30 Å². The molecule has 0 spiro atoms. The normalized spacial score (nSPS) is 9.86. The first kappa shape index (κ1) is 17.6. The Morgan fingerprint density at radius 1 is 1.29 bits per heavy atom. The van der Waals surface area contributed by atoms with E-state index in [4.69, 9.17) is 26.4 Å². The van der Waals surface area contributed by atoms with Gasteiger partial charge >= 0.3 is 5.30 Å². The zero-order valence-corrected chi connectivity index (χ0v) is 13.9. The molecule has 0 fully saturated rings. The predicted molar refractivity (Wildman–Crippen MR) is 88.5 cm³/mol. The highest BCUT2D eigenvalue weighted by Crippen LogP contribution is 2.27. The van der Waals surface area contributed by atoms with Gasteiger partial charge in [-0.1, -0.05) is 18.3 Å². The van der Waals surface area contributed by atoms with Gasteiger partial charge in [0.15, 0.2) is 11.5 Å². The molecule has 5 nitrogen and oxygen atoms in total. The van der Waals surface area contributed by atoms with Crippen LogP contribution >= 0.6 is 24.0 Å². The Balaban J connectivity index is 2.42. The van der Waals surface area contributed by atoms with Gasteiger partial charge in [-0.25, -0.2) is 4.79 Å². The number of benzene rings is 1. The van der Waals surface area contributed by atoms with Crippen LogP contribution in [0.15, 0.2) is 18.2 Å². The molecule has 0 heterocycles. The van der Waals surface area contributed by atoms with E-state index < -0.39 is 0 Å². The third-order valence-electron chi connectivity index (χ3n) is 2.57. The van der Waals surface area contributed by atoms with Crippen molar-refractivity contribution in [2.45, 2.75) is 13.3 Å². The monoisotopic (exact) mass is 329 g/mol. The van der Waals surface area contributed by atoms with Crippen LogP contribution < -0.4 is 14.8 Å². The van der Waals surface area contributed by atoms with Gasteiger partial charge in [0.05, 0.1) is 20.8 Å². The number of hydrogen-bond acceptors (Lipinski definition) is 6. The fraction of sp³-hybridized carbons (Fsp3) is 0.429. The molecule has 0 aliphatic heterocycles. The first-order valence-corrected chi connectivity index (χ1v) is 7.66. The van der Waals surface area contributed by atoms with Gasteiger partial charge in [-0.15, -0.1) is 0 Å². The van der Waals surface area contributed by atoms with Gasteiger partial charge in [0.2, 0.25) is 0 Å². The first-order chi connectivity index (χ1) is 10.1. The summed E-state index contributed by atoms with van der Waals surface area (Å²) in [6.07, 6.45) is 0.754. The molecule has 0 amide bonds. The second kappa shape index (κ2) is 9.46. The number of nitrogens with one attached hydrogen (secondary N) is 1. The number of hydrogen-bond donors (Lipinski definition) is 1. The Morgan fingerprint density at radius 2 is 2.00 bits per heavy atom. The molecule has 7 heteroatoms. The van der Waals surface area contributed by atoms with Crippen LogP contribution in [0.1, 0.15) is 12.5 Å². The number of thioether (sulfide) groups is 1. The van der Waals surface area contributed by atoms with Gasteiger partial charge < -0.3 is 19.5 Å². The Morgan fingerprint density at radius 3 is 2.62 bits per heavy atom. The summed E-state index contributed by atoms with van der Waals surface area (Å²) in [5.74, 6) is 1.39. The first-order valence-electron chi connectivity index (χ1n) is 6.44. The lowest BCUT2D eigenvalue weighted by molar-refractivity contribution is 0.182. The summed E-state index contributed by atoms with van der Waals surface area (Å²) in [6, 6.07) is 5.74. The average Bonchev–Trinajstić information content (AvgIpc) is 2.47. The minimum Gasteiger partial charge on any atom is -0.493 e. The quantitative estimate of drug-likeness (QED) is 0.636. The van der Waals surface area contributed by atoms with Crippen molar-refractivity contribution in [1.82, 2.24) is 5.32 Å². The average molecular weight is 329 g/mol. The summed E-state index contributed by atoms with van der Waals surface area (Å²) >= 11 is 5.94. The van der Waals surface area contributed by atoms with Gasteiger partial charge in [-0.2, -0.15) is 0 Å². The molecule has 0 aliphatic rings. The lowest BCUT2D eigenvalue weighted by Gasteiger charge is -2.10. The second-order valence-corrected chi connectivity index (χ2v) is 5.55. The molecule has 1 N–H and O–H groups in total. The third-order valence-corrected chi connectivity index (χ3v) is 3.58. The van der Waals surface area contributed by atoms with Crippen molar-refractivity contribution in [3.63, 3.8) is 0 Å². The highest BCUT2D eigenvalue weighted by atomic mass is 32.2. The van der Waals surface area contributed by atoms with Crippen molar-refractivity contribution in [1.29, 1.82) is 0 Å². The van der Waals surface area contributed by atoms with Crippen LogP contribution in [0.25, 0.3) is 0 Å². The Kier molecular flexibility index (Phi) is 7.92. The standard InChI is InChI=1S/C14H19NO4S2/c1-4-19-14(16)21-13(20)15-8-7-10-5-6-11(17-2)12(9-10)18-3/h5-6,9H,4,7-8H2,1-3H3,(H,15,20). The molecule has 0 saturated carbocycles. The molecule has 0 atom stereocenters. The number of methoxy groups -OCH3 is 2. The highest BCUT2D eigenvalue weighted by Gasteiger charge is 2.08. The molecular formula is C14H19NO4S2. The maximum atomic E-state index is 11.2. The molecule has 0 aromatic heterocycles. The van der Waals surface area contributed by atoms with E-state index in [2.05, 4.69) is 5.32 Å². The molecular weight excluding hydrogens is 310 g/mol. The molecule has 0 bridgehead atoms. The SMILES string of the molecule is CCOC(=O)SC(=S)NCCc1ccc(OC)c(OC)c1. The number of carbonyl (C=O) groups excluding carboxylic acids is 1. The lowest BCUT2D eigenvalue weighted by atomic mass is 10.1. The predicted octanol–water partition coefficient (Wildman–Crippen LogP) is 3.01. The molecule has 1 rings (SSSR count). The van der Waals surface area contributed by atoms with Crippen molar-refractivity contribution < 1.29 is 19.0 Å². The van der Waals surface area contributed by atoms with Crippen molar-refractivity contribution in [3.8, 4) is 11.5 Å². The molecule has 0 radical (unpaired) electrons. The summed E-state index contributed by atoms with van der Waals surface area (Å²) in [5.41, 5.74) is 1.09. The summed E-state index contributed by atoms with van der Waals surface area (Å²) in [4.78, 5) is 11.2. The topological polar surface area (TPSA) is 56.8 Å². The molecule has 0 aliphatic carbocycles. The van der Waals surface area contributed by atoms with Crippen LogP contribution in [0.4, 0.5) is 4.79 Å². The zero-order chi connectivity index (χ0) is 15.7. The van der Waals surface area contributed by atoms with Crippen molar-refractivity contribution in [2.75, 3.05) is 27.4 Å². The number of ether oxygens (including phenoxy) is 3. The third kappa shape index (κ3) is 6.22.